The number of benzene rings is 1. The Morgan fingerprint density at radius 2 is 1.83 bits per heavy atom. The predicted octanol–water partition coefficient (Wildman–Crippen LogP) is 2.31. The first-order valence-corrected chi connectivity index (χ1v) is 5.83. The van der Waals surface area contributed by atoms with Crippen molar-refractivity contribution in [3.63, 3.8) is 0 Å². The van der Waals surface area contributed by atoms with Crippen LogP contribution >= 0.6 is 0 Å². The molecule has 0 radical (unpaired) electrons. The minimum absolute atomic E-state index is 0.532. The SMILES string of the molecule is CC(O)(c1ccoc1)c1ccc2c(c1)OCCO2. The van der Waals surface area contributed by atoms with Crippen molar-refractivity contribution in [3.8, 4) is 11.5 Å². The van der Waals surface area contributed by atoms with Crippen molar-refractivity contribution < 1.29 is 19.0 Å². The van der Waals surface area contributed by atoms with Crippen molar-refractivity contribution in [2.24, 2.45) is 0 Å². The Kier molecular flexibility index (Phi) is 2.52. The highest BCUT2D eigenvalue weighted by Crippen LogP contribution is 2.37. The van der Waals surface area contributed by atoms with Crippen LogP contribution in [0.15, 0.2) is 41.2 Å². The molecule has 0 saturated heterocycles. The van der Waals surface area contributed by atoms with Crippen molar-refractivity contribution in [2.75, 3.05) is 13.2 Å². The van der Waals surface area contributed by atoms with Crippen LogP contribution in [0.25, 0.3) is 0 Å². The van der Waals surface area contributed by atoms with Crippen LogP contribution in [0.4, 0.5) is 0 Å². The number of aliphatic hydroxyl groups is 1. The van der Waals surface area contributed by atoms with E-state index in [1.54, 1.807) is 19.3 Å². The maximum absolute atomic E-state index is 10.6. The first kappa shape index (κ1) is 11.2. The fourth-order valence-corrected chi connectivity index (χ4v) is 2.05. The molecule has 0 spiro atoms. The second-order valence-corrected chi connectivity index (χ2v) is 4.44. The summed E-state index contributed by atoms with van der Waals surface area (Å²) in [5.74, 6) is 1.38. The zero-order valence-corrected chi connectivity index (χ0v) is 10.1. The number of hydrogen-bond acceptors (Lipinski definition) is 4. The van der Waals surface area contributed by atoms with Gasteiger partial charge in [-0.15, -0.1) is 0 Å². The lowest BCUT2D eigenvalue weighted by atomic mass is 9.90. The fraction of sp³-hybridized carbons (Fsp3) is 0.286. The van der Waals surface area contributed by atoms with Gasteiger partial charge in [0.15, 0.2) is 11.5 Å². The van der Waals surface area contributed by atoms with Gasteiger partial charge in [-0.05, 0) is 30.7 Å². The smallest absolute Gasteiger partial charge is 0.161 e. The lowest BCUT2D eigenvalue weighted by molar-refractivity contribution is 0.100. The molecule has 1 aromatic carbocycles. The third-order valence-electron chi connectivity index (χ3n) is 3.19. The highest BCUT2D eigenvalue weighted by atomic mass is 16.6. The van der Waals surface area contributed by atoms with E-state index in [1.165, 1.54) is 6.26 Å². The van der Waals surface area contributed by atoms with Gasteiger partial charge in [0, 0.05) is 5.56 Å². The summed E-state index contributed by atoms with van der Waals surface area (Å²) in [7, 11) is 0. The van der Waals surface area contributed by atoms with Gasteiger partial charge in [-0.25, -0.2) is 0 Å². The summed E-state index contributed by atoms with van der Waals surface area (Å²) in [6.07, 6.45) is 3.08. The van der Waals surface area contributed by atoms with Gasteiger partial charge in [-0.2, -0.15) is 0 Å². The number of hydrogen-bond donors (Lipinski definition) is 1. The van der Waals surface area contributed by atoms with Gasteiger partial charge in [0.05, 0.1) is 12.5 Å². The normalized spacial score (nSPS) is 17.2. The Hall–Kier alpha value is -1.94. The van der Waals surface area contributed by atoms with E-state index in [-0.39, 0.29) is 0 Å². The van der Waals surface area contributed by atoms with Gasteiger partial charge in [0.25, 0.3) is 0 Å². The molecule has 0 bridgehead atoms. The molecule has 2 aromatic rings. The quantitative estimate of drug-likeness (QED) is 0.883. The highest BCUT2D eigenvalue weighted by molar-refractivity contribution is 5.47. The molecule has 0 saturated carbocycles. The van der Waals surface area contributed by atoms with Crippen LogP contribution in [0.2, 0.25) is 0 Å². The molecular formula is C14H14O4. The Bertz CT molecular complexity index is 543. The van der Waals surface area contributed by atoms with Crippen molar-refractivity contribution in [3.05, 3.63) is 47.9 Å². The van der Waals surface area contributed by atoms with Gasteiger partial charge < -0.3 is 19.0 Å². The summed E-state index contributed by atoms with van der Waals surface area (Å²) in [4.78, 5) is 0. The summed E-state index contributed by atoms with van der Waals surface area (Å²) in [6.45, 7) is 2.82. The molecule has 4 nitrogen and oxygen atoms in total. The second kappa shape index (κ2) is 4.07. The number of furan rings is 1. The summed E-state index contributed by atoms with van der Waals surface area (Å²) >= 11 is 0. The van der Waals surface area contributed by atoms with E-state index in [2.05, 4.69) is 0 Å². The molecule has 1 aliphatic heterocycles. The fourth-order valence-electron chi connectivity index (χ4n) is 2.05. The molecule has 4 heteroatoms. The van der Waals surface area contributed by atoms with Crippen molar-refractivity contribution in [1.82, 2.24) is 0 Å². The van der Waals surface area contributed by atoms with E-state index in [0.29, 0.717) is 30.3 Å². The second-order valence-electron chi connectivity index (χ2n) is 4.44. The zero-order valence-electron chi connectivity index (χ0n) is 10.1. The van der Waals surface area contributed by atoms with Crippen LogP contribution in [0.5, 0.6) is 11.5 Å². The monoisotopic (exact) mass is 246 g/mol. The number of rotatable bonds is 2. The van der Waals surface area contributed by atoms with Crippen LogP contribution < -0.4 is 9.47 Å². The van der Waals surface area contributed by atoms with Crippen LogP contribution in [-0.4, -0.2) is 18.3 Å². The predicted molar refractivity (Wildman–Crippen MR) is 64.8 cm³/mol. The van der Waals surface area contributed by atoms with E-state index in [1.807, 2.05) is 18.2 Å². The average molecular weight is 246 g/mol. The van der Waals surface area contributed by atoms with E-state index in [0.717, 1.165) is 5.56 Å². The number of ether oxygens (including phenoxy) is 2. The minimum atomic E-state index is -1.11. The van der Waals surface area contributed by atoms with Crippen molar-refractivity contribution >= 4 is 0 Å². The Morgan fingerprint density at radius 1 is 1.06 bits per heavy atom. The molecule has 0 aliphatic carbocycles. The third-order valence-corrected chi connectivity index (χ3v) is 3.19. The van der Waals surface area contributed by atoms with Crippen LogP contribution in [0, 0.1) is 0 Å². The van der Waals surface area contributed by atoms with E-state index in [9.17, 15) is 5.11 Å². The third kappa shape index (κ3) is 1.75. The molecule has 0 amide bonds. The molecule has 94 valence electrons. The zero-order chi connectivity index (χ0) is 12.6. The topological polar surface area (TPSA) is 51.8 Å². The standard InChI is InChI=1S/C14H14O4/c1-14(15,11-4-5-16-9-11)10-2-3-12-13(8-10)18-7-6-17-12/h2-5,8-9,15H,6-7H2,1H3. The molecule has 1 aromatic heterocycles. The van der Waals surface area contributed by atoms with Crippen molar-refractivity contribution in [2.45, 2.75) is 12.5 Å². The maximum Gasteiger partial charge on any atom is 0.161 e. The molecule has 1 unspecified atom stereocenters. The lowest BCUT2D eigenvalue weighted by Crippen LogP contribution is -2.23. The van der Waals surface area contributed by atoms with Gasteiger partial charge in [0.1, 0.15) is 18.8 Å². The van der Waals surface area contributed by atoms with E-state index in [4.69, 9.17) is 13.9 Å². The maximum atomic E-state index is 10.6. The first-order valence-electron chi connectivity index (χ1n) is 5.83. The summed E-state index contributed by atoms with van der Waals surface area (Å²) in [5.41, 5.74) is 0.343. The van der Waals surface area contributed by atoms with E-state index < -0.39 is 5.60 Å². The van der Waals surface area contributed by atoms with E-state index >= 15 is 0 Å². The summed E-state index contributed by atoms with van der Waals surface area (Å²) in [6, 6.07) is 7.21. The van der Waals surface area contributed by atoms with Crippen LogP contribution in [0.3, 0.4) is 0 Å². The molecular weight excluding hydrogens is 232 g/mol. The number of fused-ring (bicyclic) bond motifs is 1. The summed E-state index contributed by atoms with van der Waals surface area (Å²) < 4.78 is 16.0. The average Bonchev–Trinajstić information content (AvgIpc) is 2.92. The minimum Gasteiger partial charge on any atom is -0.486 e. The van der Waals surface area contributed by atoms with Crippen molar-refractivity contribution in [1.29, 1.82) is 0 Å². The molecule has 1 N–H and O–H groups in total. The largest absolute Gasteiger partial charge is 0.486 e. The molecule has 1 aliphatic rings. The Labute approximate surface area is 105 Å². The van der Waals surface area contributed by atoms with Gasteiger partial charge in [-0.1, -0.05) is 6.07 Å². The van der Waals surface area contributed by atoms with Crippen LogP contribution in [0.1, 0.15) is 18.1 Å². The highest BCUT2D eigenvalue weighted by Gasteiger charge is 2.28. The Morgan fingerprint density at radius 3 is 2.56 bits per heavy atom. The first-order chi connectivity index (χ1) is 8.68. The molecule has 3 rings (SSSR count). The van der Waals surface area contributed by atoms with Crippen LogP contribution in [-0.2, 0) is 5.60 Å². The molecule has 18 heavy (non-hydrogen) atoms. The lowest BCUT2D eigenvalue weighted by Gasteiger charge is -2.25. The van der Waals surface area contributed by atoms with Gasteiger partial charge >= 0.3 is 0 Å². The Balaban J connectivity index is 2.02. The van der Waals surface area contributed by atoms with Gasteiger partial charge in [-0.3, -0.25) is 0 Å². The molecule has 2 heterocycles. The van der Waals surface area contributed by atoms with Gasteiger partial charge in [0.2, 0.25) is 0 Å². The summed E-state index contributed by atoms with van der Waals surface area (Å²) in [5, 5.41) is 10.6. The molecule has 1 atom stereocenters. The molecule has 0 fully saturated rings.